The SMILES string of the molecule is Cc1cc2ncn(-c3nc(Cl)nc4nc[nH]c34)c2cc1C. The summed E-state index contributed by atoms with van der Waals surface area (Å²) in [6.45, 7) is 4.15. The topological polar surface area (TPSA) is 72.3 Å². The average Bonchev–Trinajstić information content (AvgIpc) is 3.05. The first-order valence-corrected chi connectivity index (χ1v) is 6.82. The van der Waals surface area contributed by atoms with E-state index in [1.165, 1.54) is 11.1 Å². The molecular weight excluding hydrogens is 288 g/mol. The Hall–Kier alpha value is -2.47. The van der Waals surface area contributed by atoms with Crippen molar-refractivity contribution in [1.29, 1.82) is 0 Å². The van der Waals surface area contributed by atoms with E-state index in [4.69, 9.17) is 11.6 Å². The Morgan fingerprint density at radius 3 is 2.76 bits per heavy atom. The Kier molecular flexibility index (Phi) is 2.49. The number of halogens is 1. The molecule has 6 nitrogen and oxygen atoms in total. The van der Waals surface area contributed by atoms with Crippen molar-refractivity contribution in [3.05, 3.63) is 41.2 Å². The third-order valence-electron chi connectivity index (χ3n) is 3.63. The Morgan fingerprint density at radius 2 is 1.90 bits per heavy atom. The van der Waals surface area contributed by atoms with Gasteiger partial charge in [-0.2, -0.15) is 9.97 Å². The molecule has 21 heavy (non-hydrogen) atoms. The number of hydrogen-bond acceptors (Lipinski definition) is 4. The molecule has 0 unspecified atom stereocenters. The number of rotatable bonds is 1. The maximum atomic E-state index is 6.00. The van der Waals surface area contributed by atoms with Crippen LogP contribution >= 0.6 is 11.6 Å². The fourth-order valence-corrected chi connectivity index (χ4v) is 2.56. The number of benzene rings is 1. The van der Waals surface area contributed by atoms with Gasteiger partial charge in [-0.25, -0.2) is 9.97 Å². The predicted octanol–water partition coefficient (Wildman–Crippen LogP) is 2.96. The van der Waals surface area contributed by atoms with Crippen molar-refractivity contribution >= 4 is 33.8 Å². The van der Waals surface area contributed by atoms with Crippen molar-refractivity contribution in [2.75, 3.05) is 0 Å². The first-order chi connectivity index (χ1) is 10.1. The van der Waals surface area contributed by atoms with Gasteiger partial charge in [0.1, 0.15) is 11.8 Å². The van der Waals surface area contributed by atoms with Crippen LogP contribution in [-0.2, 0) is 0 Å². The molecule has 0 aliphatic rings. The summed E-state index contributed by atoms with van der Waals surface area (Å²) in [6.07, 6.45) is 3.32. The van der Waals surface area contributed by atoms with Gasteiger partial charge < -0.3 is 4.98 Å². The molecule has 4 aromatic rings. The monoisotopic (exact) mass is 298 g/mol. The molecule has 0 aliphatic carbocycles. The largest absolute Gasteiger partial charge is 0.340 e. The lowest BCUT2D eigenvalue weighted by Crippen LogP contribution is -2.00. The van der Waals surface area contributed by atoms with Gasteiger partial charge in [0.05, 0.1) is 17.4 Å². The molecule has 3 heterocycles. The van der Waals surface area contributed by atoms with Crippen molar-refractivity contribution < 1.29 is 0 Å². The van der Waals surface area contributed by atoms with E-state index in [-0.39, 0.29) is 5.28 Å². The standard InChI is InChI=1S/C14H11ClN6/c1-7-3-9-10(4-8(7)2)21(6-18-9)13-11-12(17-5-16-11)19-14(15)20-13/h3-6H,1-2H3,(H,16,17,19,20). The molecule has 104 valence electrons. The third-order valence-corrected chi connectivity index (χ3v) is 3.80. The van der Waals surface area contributed by atoms with Gasteiger partial charge in [-0.3, -0.25) is 4.57 Å². The summed E-state index contributed by atoms with van der Waals surface area (Å²) >= 11 is 6.00. The minimum atomic E-state index is 0.162. The fraction of sp³-hybridized carbons (Fsp3) is 0.143. The number of aryl methyl sites for hydroxylation is 2. The lowest BCUT2D eigenvalue weighted by Gasteiger charge is -2.06. The second-order valence-corrected chi connectivity index (χ2v) is 5.30. The number of nitrogens with zero attached hydrogens (tertiary/aromatic N) is 5. The van der Waals surface area contributed by atoms with Crippen LogP contribution in [0.15, 0.2) is 24.8 Å². The molecule has 1 N–H and O–H groups in total. The van der Waals surface area contributed by atoms with Gasteiger partial charge in [0.2, 0.25) is 5.28 Å². The second-order valence-electron chi connectivity index (χ2n) is 4.96. The molecular formula is C14H11ClN6. The molecule has 1 aromatic carbocycles. The van der Waals surface area contributed by atoms with E-state index in [0.717, 1.165) is 16.6 Å². The highest BCUT2D eigenvalue weighted by Gasteiger charge is 2.14. The number of nitrogens with one attached hydrogen (secondary N) is 1. The van der Waals surface area contributed by atoms with Crippen LogP contribution in [0.2, 0.25) is 5.28 Å². The molecule has 0 radical (unpaired) electrons. The van der Waals surface area contributed by atoms with Gasteiger partial charge in [0, 0.05) is 0 Å². The molecule has 0 saturated heterocycles. The minimum Gasteiger partial charge on any atom is -0.340 e. The summed E-state index contributed by atoms with van der Waals surface area (Å²) in [4.78, 5) is 20.1. The molecule has 0 amide bonds. The van der Waals surface area contributed by atoms with E-state index < -0.39 is 0 Å². The second kappa shape index (κ2) is 4.26. The summed E-state index contributed by atoms with van der Waals surface area (Å²) < 4.78 is 1.90. The molecule has 0 saturated carbocycles. The van der Waals surface area contributed by atoms with Crippen LogP contribution in [0.5, 0.6) is 0 Å². The summed E-state index contributed by atoms with van der Waals surface area (Å²) in [7, 11) is 0. The summed E-state index contributed by atoms with van der Waals surface area (Å²) in [5, 5.41) is 0.162. The van der Waals surface area contributed by atoms with E-state index in [2.05, 4.69) is 50.9 Å². The molecule has 0 aliphatic heterocycles. The normalized spacial score (nSPS) is 11.6. The van der Waals surface area contributed by atoms with E-state index in [0.29, 0.717) is 11.5 Å². The van der Waals surface area contributed by atoms with Gasteiger partial charge in [-0.15, -0.1) is 0 Å². The number of fused-ring (bicyclic) bond motifs is 2. The highest BCUT2D eigenvalue weighted by atomic mass is 35.5. The number of H-pyrrole nitrogens is 1. The first kappa shape index (κ1) is 12.3. The number of aromatic amines is 1. The van der Waals surface area contributed by atoms with Gasteiger partial charge in [0.15, 0.2) is 11.5 Å². The van der Waals surface area contributed by atoms with Gasteiger partial charge in [-0.1, -0.05) is 0 Å². The van der Waals surface area contributed by atoms with Crippen molar-refractivity contribution in [1.82, 2.24) is 29.5 Å². The summed E-state index contributed by atoms with van der Waals surface area (Å²) in [5.74, 6) is 0.647. The Labute approximate surface area is 124 Å². The third kappa shape index (κ3) is 1.80. The molecule has 0 fully saturated rings. The Balaban J connectivity index is 2.09. The van der Waals surface area contributed by atoms with E-state index in [9.17, 15) is 0 Å². The molecule has 0 spiro atoms. The highest BCUT2D eigenvalue weighted by molar-refractivity contribution is 6.28. The van der Waals surface area contributed by atoms with Crippen molar-refractivity contribution in [3.8, 4) is 5.82 Å². The Bertz CT molecular complexity index is 984. The number of hydrogen-bond donors (Lipinski definition) is 1. The van der Waals surface area contributed by atoms with Crippen LogP contribution in [-0.4, -0.2) is 29.5 Å². The molecule has 4 rings (SSSR count). The molecule has 3 aromatic heterocycles. The minimum absolute atomic E-state index is 0.162. The van der Waals surface area contributed by atoms with Crippen molar-refractivity contribution in [2.45, 2.75) is 13.8 Å². The van der Waals surface area contributed by atoms with Gasteiger partial charge >= 0.3 is 0 Å². The van der Waals surface area contributed by atoms with Crippen molar-refractivity contribution in [2.24, 2.45) is 0 Å². The summed E-state index contributed by atoms with van der Waals surface area (Å²) in [6, 6.07) is 4.16. The van der Waals surface area contributed by atoms with Crippen LogP contribution in [0.1, 0.15) is 11.1 Å². The smallest absolute Gasteiger partial charge is 0.226 e. The zero-order valence-electron chi connectivity index (χ0n) is 11.4. The van der Waals surface area contributed by atoms with Crippen molar-refractivity contribution in [3.63, 3.8) is 0 Å². The van der Waals surface area contributed by atoms with Crippen LogP contribution in [0, 0.1) is 13.8 Å². The number of aromatic nitrogens is 6. The molecule has 7 heteroatoms. The van der Waals surface area contributed by atoms with Gasteiger partial charge in [-0.05, 0) is 48.7 Å². The van der Waals surface area contributed by atoms with Crippen LogP contribution in [0.3, 0.4) is 0 Å². The number of imidazole rings is 2. The van der Waals surface area contributed by atoms with E-state index in [1.54, 1.807) is 12.7 Å². The highest BCUT2D eigenvalue weighted by Crippen LogP contribution is 2.24. The zero-order chi connectivity index (χ0) is 14.6. The fourth-order valence-electron chi connectivity index (χ4n) is 2.40. The maximum Gasteiger partial charge on any atom is 0.226 e. The van der Waals surface area contributed by atoms with Crippen LogP contribution < -0.4 is 0 Å². The maximum absolute atomic E-state index is 6.00. The lowest BCUT2D eigenvalue weighted by atomic mass is 10.1. The average molecular weight is 299 g/mol. The quantitative estimate of drug-likeness (QED) is 0.548. The first-order valence-electron chi connectivity index (χ1n) is 6.45. The Morgan fingerprint density at radius 1 is 1.10 bits per heavy atom. The summed E-state index contributed by atoms with van der Waals surface area (Å²) in [5.41, 5.74) is 5.57. The molecule has 0 bridgehead atoms. The van der Waals surface area contributed by atoms with Gasteiger partial charge in [0.25, 0.3) is 0 Å². The van der Waals surface area contributed by atoms with E-state index >= 15 is 0 Å². The van der Waals surface area contributed by atoms with Crippen LogP contribution in [0.25, 0.3) is 28.0 Å². The zero-order valence-corrected chi connectivity index (χ0v) is 12.2. The molecule has 0 atom stereocenters. The van der Waals surface area contributed by atoms with Crippen LogP contribution in [0.4, 0.5) is 0 Å². The van der Waals surface area contributed by atoms with E-state index in [1.807, 2.05) is 4.57 Å². The predicted molar refractivity (Wildman–Crippen MR) is 80.8 cm³/mol. The lowest BCUT2D eigenvalue weighted by molar-refractivity contribution is 1.01.